The van der Waals surface area contributed by atoms with E-state index in [9.17, 15) is 4.79 Å². The van der Waals surface area contributed by atoms with Crippen molar-refractivity contribution in [2.75, 3.05) is 18.1 Å². The topological polar surface area (TPSA) is 29.5 Å². The third kappa shape index (κ3) is 3.79. The summed E-state index contributed by atoms with van der Waals surface area (Å²) in [5.74, 6) is 0.925. The average molecular weight is 308 g/mol. The van der Waals surface area contributed by atoms with E-state index in [0.717, 1.165) is 42.8 Å². The zero-order chi connectivity index (χ0) is 15.2. The van der Waals surface area contributed by atoms with E-state index in [1.807, 2.05) is 36.1 Å². The number of carbonyl (C=O) groups is 1. The molecule has 1 heterocycles. The van der Waals surface area contributed by atoms with Crippen LogP contribution >= 0.6 is 11.6 Å². The molecule has 4 heteroatoms. The van der Waals surface area contributed by atoms with E-state index in [0.29, 0.717) is 18.1 Å². The zero-order valence-corrected chi connectivity index (χ0v) is 13.4. The summed E-state index contributed by atoms with van der Waals surface area (Å²) in [5, 5.41) is 0.711. The highest BCUT2D eigenvalue weighted by atomic mass is 35.5. The molecule has 0 aliphatic carbocycles. The van der Waals surface area contributed by atoms with Gasteiger partial charge in [-0.1, -0.05) is 31.9 Å². The van der Waals surface area contributed by atoms with Crippen molar-refractivity contribution in [2.24, 2.45) is 0 Å². The third-order valence-corrected chi connectivity index (χ3v) is 3.89. The van der Waals surface area contributed by atoms with Crippen molar-refractivity contribution in [2.45, 2.75) is 39.5 Å². The molecule has 1 amide bonds. The summed E-state index contributed by atoms with van der Waals surface area (Å²) in [5.41, 5.74) is 1.79. The predicted octanol–water partition coefficient (Wildman–Crippen LogP) is 4.59. The van der Waals surface area contributed by atoms with Gasteiger partial charge >= 0.3 is 0 Å². The molecule has 3 nitrogen and oxygen atoms in total. The Balaban J connectivity index is 2.27. The summed E-state index contributed by atoms with van der Waals surface area (Å²) in [6, 6.07) is 5.81. The van der Waals surface area contributed by atoms with Crippen LogP contribution in [0.15, 0.2) is 24.3 Å². The number of rotatable bonds is 6. The summed E-state index contributed by atoms with van der Waals surface area (Å²) in [6.07, 6.45) is 5.33. The molecule has 0 fully saturated rings. The first-order valence-corrected chi connectivity index (χ1v) is 7.98. The zero-order valence-electron chi connectivity index (χ0n) is 12.7. The van der Waals surface area contributed by atoms with Crippen molar-refractivity contribution >= 4 is 28.2 Å². The maximum absolute atomic E-state index is 12.3. The number of unbranched alkanes of at least 4 members (excludes halogenated alkanes) is 1. The highest BCUT2D eigenvalue weighted by Gasteiger charge is 2.18. The molecule has 2 rings (SSSR count). The smallest absolute Gasteiger partial charge is 0.226 e. The van der Waals surface area contributed by atoms with Crippen molar-refractivity contribution in [1.29, 1.82) is 0 Å². The van der Waals surface area contributed by atoms with E-state index >= 15 is 0 Å². The van der Waals surface area contributed by atoms with Gasteiger partial charge in [0.05, 0.1) is 5.03 Å². The van der Waals surface area contributed by atoms with Gasteiger partial charge in [-0.2, -0.15) is 0 Å². The largest absolute Gasteiger partial charge is 0.489 e. The number of hydrogen-bond acceptors (Lipinski definition) is 2. The SMILES string of the molecule is CCCCN(C(=O)CCC)c1ccc2c(c1)OCC=C2Cl. The van der Waals surface area contributed by atoms with Gasteiger partial charge in [-0.3, -0.25) is 4.79 Å². The van der Waals surface area contributed by atoms with Crippen LogP contribution in [0.3, 0.4) is 0 Å². The molecule has 0 spiro atoms. The lowest BCUT2D eigenvalue weighted by atomic mass is 10.1. The fourth-order valence-corrected chi connectivity index (χ4v) is 2.59. The average Bonchev–Trinajstić information content (AvgIpc) is 2.48. The minimum atomic E-state index is 0.170. The number of nitrogens with zero attached hydrogens (tertiary/aromatic N) is 1. The van der Waals surface area contributed by atoms with Gasteiger partial charge in [-0.25, -0.2) is 0 Å². The number of fused-ring (bicyclic) bond motifs is 1. The van der Waals surface area contributed by atoms with Gasteiger partial charge in [-0.15, -0.1) is 0 Å². The lowest BCUT2D eigenvalue weighted by Crippen LogP contribution is -2.31. The third-order valence-electron chi connectivity index (χ3n) is 3.54. The van der Waals surface area contributed by atoms with Crippen molar-refractivity contribution in [3.8, 4) is 5.75 Å². The van der Waals surface area contributed by atoms with Crippen molar-refractivity contribution in [3.05, 3.63) is 29.8 Å². The highest BCUT2D eigenvalue weighted by molar-refractivity contribution is 6.49. The molecule has 1 aromatic carbocycles. The van der Waals surface area contributed by atoms with Gasteiger partial charge in [0.25, 0.3) is 0 Å². The van der Waals surface area contributed by atoms with Crippen molar-refractivity contribution < 1.29 is 9.53 Å². The summed E-state index contributed by atoms with van der Waals surface area (Å²) in [4.78, 5) is 14.2. The van der Waals surface area contributed by atoms with Crippen LogP contribution in [0.5, 0.6) is 5.75 Å². The first kappa shape index (κ1) is 15.9. The van der Waals surface area contributed by atoms with Crippen LogP contribution in [-0.2, 0) is 4.79 Å². The summed E-state index contributed by atoms with van der Waals surface area (Å²) in [7, 11) is 0. The molecule has 0 unspecified atom stereocenters. The second kappa shape index (κ2) is 7.51. The van der Waals surface area contributed by atoms with E-state index in [4.69, 9.17) is 16.3 Å². The van der Waals surface area contributed by atoms with Gasteiger partial charge in [0.15, 0.2) is 0 Å². The molecule has 1 aromatic rings. The second-order valence-corrected chi connectivity index (χ2v) is 5.60. The molecule has 0 radical (unpaired) electrons. The molecule has 1 aliphatic heterocycles. The fourth-order valence-electron chi connectivity index (χ4n) is 2.37. The second-order valence-electron chi connectivity index (χ2n) is 5.19. The van der Waals surface area contributed by atoms with Crippen LogP contribution in [0.1, 0.15) is 45.1 Å². The molecule has 0 aromatic heterocycles. The van der Waals surface area contributed by atoms with E-state index in [1.165, 1.54) is 0 Å². The Bertz CT molecular complexity index is 540. The maximum atomic E-state index is 12.3. The molecule has 114 valence electrons. The first-order valence-electron chi connectivity index (χ1n) is 7.60. The Hall–Kier alpha value is -1.48. The molecular weight excluding hydrogens is 286 g/mol. The minimum Gasteiger partial charge on any atom is -0.489 e. The van der Waals surface area contributed by atoms with Crippen molar-refractivity contribution in [3.63, 3.8) is 0 Å². The summed E-state index contributed by atoms with van der Waals surface area (Å²) < 4.78 is 5.63. The molecule has 1 aliphatic rings. The van der Waals surface area contributed by atoms with Gasteiger partial charge in [0.2, 0.25) is 5.91 Å². The number of anilines is 1. The Morgan fingerprint density at radius 2 is 2.14 bits per heavy atom. The van der Waals surface area contributed by atoms with Crippen LogP contribution in [0.25, 0.3) is 5.03 Å². The number of benzene rings is 1. The maximum Gasteiger partial charge on any atom is 0.226 e. The first-order chi connectivity index (χ1) is 10.2. The van der Waals surface area contributed by atoms with Gasteiger partial charge in [0.1, 0.15) is 12.4 Å². The van der Waals surface area contributed by atoms with E-state index in [2.05, 4.69) is 6.92 Å². The fraction of sp³-hybridized carbons (Fsp3) is 0.471. The molecule has 0 saturated carbocycles. The molecule has 0 saturated heterocycles. The molecular formula is C17H22ClNO2. The van der Waals surface area contributed by atoms with Crippen molar-refractivity contribution in [1.82, 2.24) is 0 Å². The number of carbonyl (C=O) groups excluding carboxylic acids is 1. The minimum absolute atomic E-state index is 0.170. The Morgan fingerprint density at radius 1 is 1.33 bits per heavy atom. The Kier molecular flexibility index (Phi) is 5.68. The van der Waals surface area contributed by atoms with E-state index in [-0.39, 0.29) is 5.91 Å². The van der Waals surface area contributed by atoms with Gasteiger partial charge < -0.3 is 9.64 Å². The normalized spacial score (nSPS) is 13.2. The predicted molar refractivity (Wildman–Crippen MR) is 87.9 cm³/mol. The van der Waals surface area contributed by atoms with Crippen LogP contribution in [0, 0.1) is 0 Å². The Morgan fingerprint density at radius 3 is 2.86 bits per heavy atom. The Labute approximate surface area is 131 Å². The van der Waals surface area contributed by atoms with Crippen LogP contribution in [-0.4, -0.2) is 19.1 Å². The number of hydrogen-bond donors (Lipinski definition) is 0. The molecule has 0 N–H and O–H groups in total. The standard InChI is InChI=1S/C17H22ClNO2/c1-3-5-10-19(17(20)6-4-2)13-7-8-14-15(18)9-11-21-16(14)12-13/h7-9,12H,3-6,10-11H2,1-2H3. The van der Waals surface area contributed by atoms with Crippen LogP contribution in [0.4, 0.5) is 5.69 Å². The monoisotopic (exact) mass is 307 g/mol. The van der Waals surface area contributed by atoms with Gasteiger partial charge in [0, 0.05) is 30.3 Å². The highest BCUT2D eigenvalue weighted by Crippen LogP contribution is 2.35. The lowest BCUT2D eigenvalue weighted by Gasteiger charge is -2.25. The number of halogens is 1. The summed E-state index contributed by atoms with van der Waals surface area (Å²) >= 11 is 6.18. The number of amides is 1. The molecule has 21 heavy (non-hydrogen) atoms. The summed E-state index contributed by atoms with van der Waals surface area (Å²) in [6.45, 7) is 5.38. The van der Waals surface area contributed by atoms with E-state index in [1.54, 1.807) is 0 Å². The quantitative estimate of drug-likeness (QED) is 0.769. The van der Waals surface area contributed by atoms with Crippen LogP contribution in [0.2, 0.25) is 0 Å². The lowest BCUT2D eigenvalue weighted by molar-refractivity contribution is -0.118. The number of ether oxygens (including phenoxy) is 1. The van der Waals surface area contributed by atoms with Gasteiger partial charge in [-0.05, 0) is 31.1 Å². The van der Waals surface area contributed by atoms with Crippen LogP contribution < -0.4 is 9.64 Å². The molecule has 0 atom stereocenters. The van der Waals surface area contributed by atoms with E-state index < -0.39 is 0 Å². The molecule has 0 bridgehead atoms.